The lowest BCUT2D eigenvalue weighted by Gasteiger charge is -2.33. The van der Waals surface area contributed by atoms with Gasteiger partial charge >= 0.3 is 0 Å². The van der Waals surface area contributed by atoms with E-state index in [0.29, 0.717) is 0 Å². The maximum Gasteiger partial charge on any atom is 0.0414 e. The fraction of sp³-hybridized carbons (Fsp3) is 0.500. The minimum absolute atomic E-state index is 0.731. The zero-order valence-corrected chi connectivity index (χ0v) is 9.32. The molecule has 3 rings (SSSR count). The number of fused-ring (bicyclic) bond motifs is 1. The van der Waals surface area contributed by atoms with E-state index < -0.39 is 0 Å². The Morgan fingerprint density at radius 3 is 2.56 bits per heavy atom. The summed E-state index contributed by atoms with van der Waals surface area (Å²) in [5, 5.41) is 14.1. The number of anilines is 1. The molecule has 0 bridgehead atoms. The van der Waals surface area contributed by atoms with Crippen molar-refractivity contribution in [2.45, 2.75) is 13.1 Å². The molecule has 1 aromatic rings. The van der Waals surface area contributed by atoms with Crippen LogP contribution >= 0.6 is 0 Å². The van der Waals surface area contributed by atoms with Crippen molar-refractivity contribution in [2.24, 2.45) is 0 Å². The second-order valence-corrected chi connectivity index (χ2v) is 4.50. The normalized spacial score (nSPS) is 21.2. The van der Waals surface area contributed by atoms with E-state index in [0.717, 1.165) is 39.3 Å². The molecule has 4 nitrogen and oxygen atoms in total. The topological polar surface area (TPSA) is 38.7 Å². The molecule has 2 heterocycles. The molecule has 0 aliphatic carbocycles. The largest absolute Gasteiger partial charge is 0.369 e. The van der Waals surface area contributed by atoms with Crippen LogP contribution in [0.3, 0.4) is 0 Å². The van der Waals surface area contributed by atoms with Crippen LogP contribution in [0.1, 0.15) is 11.1 Å². The Hall–Kier alpha value is -1.10. The molecule has 4 heteroatoms. The standard InChI is InChI=1S/C12H17N3O/c16-15-5-3-14(4-6-15)12-2-1-10-8-13-9-11(10)7-12/h1-2,7,13,16H,3-6,8-9H2. The SMILES string of the molecule is ON1CCN(c2ccc3c(c2)CNC3)CC1. The molecule has 2 aliphatic rings. The summed E-state index contributed by atoms with van der Waals surface area (Å²) >= 11 is 0. The van der Waals surface area contributed by atoms with Crippen molar-refractivity contribution in [2.75, 3.05) is 31.1 Å². The summed E-state index contributed by atoms with van der Waals surface area (Å²) < 4.78 is 0. The Bertz CT molecular complexity index is 386. The molecule has 0 unspecified atom stereocenters. The van der Waals surface area contributed by atoms with Gasteiger partial charge in [0.1, 0.15) is 0 Å². The van der Waals surface area contributed by atoms with Crippen molar-refractivity contribution in [3.63, 3.8) is 0 Å². The van der Waals surface area contributed by atoms with Gasteiger partial charge in [0.05, 0.1) is 0 Å². The number of piperazine rings is 1. The highest BCUT2D eigenvalue weighted by Crippen LogP contribution is 2.23. The third kappa shape index (κ3) is 1.80. The van der Waals surface area contributed by atoms with E-state index in [-0.39, 0.29) is 0 Å². The first-order valence-electron chi connectivity index (χ1n) is 5.84. The summed E-state index contributed by atoms with van der Waals surface area (Å²) in [4.78, 5) is 2.34. The van der Waals surface area contributed by atoms with Crippen molar-refractivity contribution in [1.82, 2.24) is 10.4 Å². The van der Waals surface area contributed by atoms with Crippen molar-refractivity contribution < 1.29 is 5.21 Å². The van der Waals surface area contributed by atoms with Crippen molar-refractivity contribution in [1.29, 1.82) is 0 Å². The Morgan fingerprint density at radius 1 is 1.00 bits per heavy atom. The Labute approximate surface area is 95.4 Å². The number of benzene rings is 1. The van der Waals surface area contributed by atoms with E-state index in [1.54, 1.807) is 0 Å². The molecule has 0 radical (unpaired) electrons. The summed E-state index contributed by atoms with van der Waals surface area (Å²) in [5.41, 5.74) is 4.13. The molecule has 1 saturated heterocycles. The van der Waals surface area contributed by atoms with Gasteiger partial charge in [0, 0.05) is 45.0 Å². The first kappa shape index (κ1) is 10.1. The van der Waals surface area contributed by atoms with E-state index in [4.69, 9.17) is 0 Å². The summed E-state index contributed by atoms with van der Waals surface area (Å²) in [6.45, 7) is 5.26. The van der Waals surface area contributed by atoms with E-state index in [2.05, 4.69) is 28.4 Å². The Kier molecular flexibility index (Phi) is 2.55. The van der Waals surface area contributed by atoms with Gasteiger partial charge in [0.25, 0.3) is 0 Å². The van der Waals surface area contributed by atoms with Crippen LogP contribution < -0.4 is 10.2 Å². The van der Waals surface area contributed by atoms with Crippen LogP contribution in [0.2, 0.25) is 0 Å². The van der Waals surface area contributed by atoms with Crippen LogP contribution in [0.15, 0.2) is 18.2 Å². The minimum atomic E-state index is 0.731. The number of hydroxylamine groups is 2. The van der Waals surface area contributed by atoms with Gasteiger partial charge in [0.2, 0.25) is 0 Å². The number of rotatable bonds is 1. The van der Waals surface area contributed by atoms with Gasteiger partial charge in [0.15, 0.2) is 0 Å². The summed E-state index contributed by atoms with van der Waals surface area (Å²) in [5.74, 6) is 0. The third-order valence-electron chi connectivity index (χ3n) is 3.44. The van der Waals surface area contributed by atoms with Crippen LogP contribution in [0.4, 0.5) is 5.69 Å². The number of nitrogens with one attached hydrogen (secondary N) is 1. The van der Waals surface area contributed by atoms with Gasteiger partial charge in [-0.3, -0.25) is 0 Å². The van der Waals surface area contributed by atoms with Crippen LogP contribution in [-0.4, -0.2) is 36.4 Å². The van der Waals surface area contributed by atoms with Gasteiger partial charge < -0.3 is 15.4 Å². The van der Waals surface area contributed by atoms with E-state index in [1.807, 2.05) is 0 Å². The molecule has 1 aromatic carbocycles. The fourth-order valence-electron chi connectivity index (χ4n) is 2.43. The summed E-state index contributed by atoms with van der Waals surface area (Å²) in [7, 11) is 0. The summed E-state index contributed by atoms with van der Waals surface area (Å²) in [6.07, 6.45) is 0. The molecular weight excluding hydrogens is 202 g/mol. The lowest BCUT2D eigenvalue weighted by Crippen LogP contribution is -2.44. The average Bonchev–Trinajstić information content (AvgIpc) is 2.77. The zero-order chi connectivity index (χ0) is 11.0. The highest BCUT2D eigenvalue weighted by atomic mass is 16.5. The fourth-order valence-corrected chi connectivity index (χ4v) is 2.43. The lowest BCUT2D eigenvalue weighted by molar-refractivity contribution is -0.0935. The van der Waals surface area contributed by atoms with E-state index >= 15 is 0 Å². The smallest absolute Gasteiger partial charge is 0.0414 e. The van der Waals surface area contributed by atoms with Crippen molar-refractivity contribution >= 4 is 5.69 Å². The third-order valence-corrected chi connectivity index (χ3v) is 3.44. The van der Waals surface area contributed by atoms with E-state index in [9.17, 15) is 5.21 Å². The Balaban J connectivity index is 1.79. The second kappa shape index (κ2) is 4.05. The van der Waals surface area contributed by atoms with Gasteiger partial charge in [-0.2, -0.15) is 5.06 Å². The monoisotopic (exact) mass is 219 g/mol. The Morgan fingerprint density at radius 2 is 1.75 bits per heavy atom. The van der Waals surface area contributed by atoms with Crippen molar-refractivity contribution in [3.8, 4) is 0 Å². The quantitative estimate of drug-likeness (QED) is 0.733. The van der Waals surface area contributed by atoms with Gasteiger partial charge in [-0.1, -0.05) is 6.07 Å². The lowest BCUT2D eigenvalue weighted by atomic mass is 10.1. The summed E-state index contributed by atoms with van der Waals surface area (Å²) in [6, 6.07) is 6.69. The number of hydrogen-bond acceptors (Lipinski definition) is 4. The molecule has 1 fully saturated rings. The molecule has 0 aromatic heterocycles. The predicted molar refractivity (Wildman–Crippen MR) is 62.6 cm³/mol. The number of hydrogen-bond donors (Lipinski definition) is 2. The molecule has 2 aliphatic heterocycles. The maximum absolute atomic E-state index is 9.33. The van der Waals surface area contributed by atoms with Gasteiger partial charge in [-0.25, -0.2) is 0 Å². The molecule has 0 atom stereocenters. The molecule has 86 valence electrons. The predicted octanol–water partition coefficient (Wildman–Crippen LogP) is 0.801. The molecule has 0 spiro atoms. The molecular formula is C12H17N3O. The van der Waals surface area contributed by atoms with E-state index in [1.165, 1.54) is 21.9 Å². The zero-order valence-electron chi connectivity index (χ0n) is 9.32. The minimum Gasteiger partial charge on any atom is -0.369 e. The first-order chi connectivity index (χ1) is 7.83. The average molecular weight is 219 g/mol. The molecule has 0 amide bonds. The van der Waals surface area contributed by atoms with Crippen LogP contribution in [-0.2, 0) is 13.1 Å². The second-order valence-electron chi connectivity index (χ2n) is 4.50. The molecule has 2 N–H and O–H groups in total. The highest BCUT2D eigenvalue weighted by Gasteiger charge is 2.17. The van der Waals surface area contributed by atoms with Crippen molar-refractivity contribution in [3.05, 3.63) is 29.3 Å². The van der Waals surface area contributed by atoms with Crippen LogP contribution in [0, 0.1) is 0 Å². The van der Waals surface area contributed by atoms with Crippen LogP contribution in [0.5, 0.6) is 0 Å². The van der Waals surface area contributed by atoms with Crippen LogP contribution in [0.25, 0.3) is 0 Å². The van der Waals surface area contributed by atoms with Gasteiger partial charge in [-0.05, 0) is 23.3 Å². The van der Waals surface area contributed by atoms with Gasteiger partial charge in [-0.15, -0.1) is 0 Å². The maximum atomic E-state index is 9.33. The molecule has 0 saturated carbocycles. The first-order valence-corrected chi connectivity index (χ1v) is 5.84. The highest BCUT2D eigenvalue weighted by molar-refractivity contribution is 5.52. The molecule has 16 heavy (non-hydrogen) atoms. The number of nitrogens with zero attached hydrogens (tertiary/aromatic N) is 2.